The minimum Gasteiger partial charge on any atom is -0.380 e. The van der Waals surface area contributed by atoms with Gasteiger partial charge in [-0.1, -0.05) is 0 Å². The average molecular weight is 253 g/mol. The predicted octanol–water partition coefficient (Wildman–Crippen LogP) is 1.71. The number of ether oxygens (including phenoxy) is 1. The quantitative estimate of drug-likeness (QED) is 0.828. The van der Waals surface area contributed by atoms with Crippen LogP contribution in [0.4, 0.5) is 5.13 Å². The molecule has 1 aliphatic heterocycles. The lowest BCUT2D eigenvalue weighted by Gasteiger charge is -2.18. The Morgan fingerprint density at radius 3 is 3.12 bits per heavy atom. The van der Waals surface area contributed by atoms with Crippen molar-refractivity contribution in [3.8, 4) is 0 Å². The van der Waals surface area contributed by atoms with Crippen LogP contribution in [0.25, 0.3) is 0 Å². The molecule has 5 heteroatoms. The highest BCUT2D eigenvalue weighted by atomic mass is 32.1. The molecule has 0 amide bonds. The van der Waals surface area contributed by atoms with Gasteiger partial charge in [0.2, 0.25) is 0 Å². The van der Waals surface area contributed by atoms with E-state index < -0.39 is 0 Å². The maximum Gasteiger partial charge on any atom is 0.185 e. The number of anilines is 1. The van der Waals surface area contributed by atoms with Gasteiger partial charge in [0.1, 0.15) is 0 Å². The van der Waals surface area contributed by atoms with Gasteiger partial charge in [0, 0.05) is 30.6 Å². The minimum absolute atomic E-state index is 0.159. The highest BCUT2D eigenvalue weighted by Gasteiger charge is 2.24. The standard InChI is InChI=1S/C12H19N3OS/c13-9-3-1-4-10-11(9)14-12(17-10)15-5-2-7-16-8-6-15/h9H,1-8,13H2. The van der Waals surface area contributed by atoms with Gasteiger partial charge in [0.25, 0.3) is 0 Å². The van der Waals surface area contributed by atoms with Crippen molar-refractivity contribution in [2.24, 2.45) is 5.73 Å². The van der Waals surface area contributed by atoms with Crippen LogP contribution in [-0.4, -0.2) is 31.3 Å². The largest absolute Gasteiger partial charge is 0.380 e. The normalized spacial score (nSPS) is 25.5. The zero-order chi connectivity index (χ0) is 11.7. The molecule has 1 unspecified atom stereocenters. The van der Waals surface area contributed by atoms with Crippen LogP contribution < -0.4 is 10.6 Å². The number of hydrogen-bond donors (Lipinski definition) is 1. The number of hydrogen-bond acceptors (Lipinski definition) is 5. The van der Waals surface area contributed by atoms with Gasteiger partial charge in [0.15, 0.2) is 5.13 Å². The molecule has 94 valence electrons. The fourth-order valence-corrected chi connectivity index (χ4v) is 3.74. The number of nitrogens with zero attached hydrogens (tertiary/aromatic N) is 2. The third-order valence-corrected chi connectivity index (χ3v) is 4.67. The highest BCUT2D eigenvalue weighted by molar-refractivity contribution is 7.15. The summed E-state index contributed by atoms with van der Waals surface area (Å²) in [4.78, 5) is 8.52. The zero-order valence-electron chi connectivity index (χ0n) is 10.0. The fourth-order valence-electron chi connectivity index (χ4n) is 2.51. The first-order chi connectivity index (χ1) is 8.34. The molecule has 3 rings (SSSR count). The number of thiazole rings is 1. The third-order valence-electron chi connectivity index (χ3n) is 3.48. The molecule has 1 fully saturated rings. The van der Waals surface area contributed by atoms with Gasteiger partial charge in [-0.2, -0.15) is 0 Å². The van der Waals surface area contributed by atoms with Gasteiger partial charge >= 0.3 is 0 Å². The zero-order valence-corrected chi connectivity index (χ0v) is 10.8. The number of nitrogens with two attached hydrogens (primary N) is 1. The predicted molar refractivity (Wildman–Crippen MR) is 69.6 cm³/mol. The second-order valence-electron chi connectivity index (χ2n) is 4.76. The summed E-state index contributed by atoms with van der Waals surface area (Å²) in [7, 11) is 0. The molecule has 0 spiro atoms. The molecule has 2 heterocycles. The summed E-state index contributed by atoms with van der Waals surface area (Å²) < 4.78 is 5.48. The van der Waals surface area contributed by atoms with Crippen molar-refractivity contribution in [1.29, 1.82) is 0 Å². The van der Waals surface area contributed by atoms with Gasteiger partial charge in [-0.3, -0.25) is 0 Å². The van der Waals surface area contributed by atoms with E-state index in [9.17, 15) is 0 Å². The maximum absolute atomic E-state index is 6.12. The lowest BCUT2D eigenvalue weighted by atomic mass is 9.99. The second-order valence-corrected chi connectivity index (χ2v) is 5.82. The third kappa shape index (κ3) is 2.32. The molecule has 0 saturated carbocycles. The molecule has 17 heavy (non-hydrogen) atoms. The van der Waals surface area contributed by atoms with Crippen molar-refractivity contribution >= 4 is 16.5 Å². The van der Waals surface area contributed by atoms with Crippen molar-refractivity contribution in [3.05, 3.63) is 10.6 Å². The maximum atomic E-state index is 6.12. The van der Waals surface area contributed by atoms with E-state index in [2.05, 4.69) is 4.90 Å². The van der Waals surface area contributed by atoms with Crippen LogP contribution in [0.2, 0.25) is 0 Å². The Morgan fingerprint density at radius 1 is 1.29 bits per heavy atom. The van der Waals surface area contributed by atoms with Crippen LogP contribution in [0, 0.1) is 0 Å². The molecular weight excluding hydrogens is 234 g/mol. The van der Waals surface area contributed by atoms with E-state index in [1.165, 1.54) is 11.3 Å². The summed E-state index contributed by atoms with van der Waals surface area (Å²) in [5.74, 6) is 0. The first-order valence-electron chi connectivity index (χ1n) is 6.42. The smallest absolute Gasteiger partial charge is 0.185 e. The Bertz CT molecular complexity index is 385. The van der Waals surface area contributed by atoms with Gasteiger partial charge in [-0.25, -0.2) is 4.98 Å². The van der Waals surface area contributed by atoms with Gasteiger partial charge in [0.05, 0.1) is 12.3 Å². The van der Waals surface area contributed by atoms with Gasteiger partial charge < -0.3 is 15.4 Å². The Balaban J connectivity index is 1.83. The summed E-state index contributed by atoms with van der Waals surface area (Å²) >= 11 is 1.83. The monoisotopic (exact) mass is 253 g/mol. The van der Waals surface area contributed by atoms with E-state index in [1.807, 2.05) is 11.3 Å². The molecule has 4 nitrogen and oxygen atoms in total. The van der Waals surface area contributed by atoms with Crippen molar-refractivity contribution in [3.63, 3.8) is 0 Å². The van der Waals surface area contributed by atoms with E-state index in [4.69, 9.17) is 15.5 Å². The number of fused-ring (bicyclic) bond motifs is 1. The van der Waals surface area contributed by atoms with Crippen LogP contribution in [0.3, 0.4) is 0 Å². The summed E-state index contributed by atoms with van der Waals surface area (Å²) in [6, 6.07) is 0.159. The highest BCUT2D eigenvalue weighted by Crippen LogP contribution is 2.35. The molecule has 1 aliphatic carbocycles. The molecule has 1 saturated heterocycles. The SMILES string of the molecule is NC1CCCc2sc(N3CCCOCC3)nc21. The van der Waals surface area contributed by atoms with E-state index in [1.54, 1.807) is 0 Å². The Morgan fingerprint density at radius 2 is 2.24 bits per heavy atom. The Labute approximate surface area is 106 Å². The van der Waals surface area contributed by atoms with Crippen LogP contribution in [0.1, 0.15) is 35.9 Å². The lowest BCUT2D eigenvalue weighted by Crippen LogP contribution is -2.25. The van der Waals surface area contributed by atoms with Crippen molar-refractivity contribution in [2.45, 2.75) is 31.7 Å². The van der Waals surface area contributed by atoms with Gasteiger partial charge in [-0.15, -0.1) is 11.3 Å². The first-order valence-corrected chi connectivity index (χ1v) is 7.24. The summed E-state index contributed by atoms with van der Waals surface area (Å²) in [6.45, 7) is 3.71. The van der Waals surface area contributed by atoms with Gasteiger partial charge in [-0.05, 0) is 25.7 Å². The molecule has 2 aliphatic rings. The number of aryl methyl sites for hydroxylation is 1. The van der Waals surface area contributed by atoms with E-state index >= 15 is 0 Å². The molecule has 1 aromatic rings. The van der Waals surface area contributed by atoms with Crippen LogP contribution in [0.15, 0.2) is 0 Å². The Hall–Kier alpha value is -0.650. The molecule has 0 aromatic carbocycles. The fraction of sp³-hybridized carbons (Fsp3) is 0.750. The summed E-state index contributed by atoms with van der Waals surface area (Å²) in [5.41, 5.74) is 7.28. The van der Waals surface area contributed by atoms with E-state index in [0.717, 1.165) is 56.4 Å². The van der Waals surface area contributed by atoms with Crippen LogP contribution >= 0.6 is 11.3 Å². The molecule has 2 N–H and O–H groups in total. The number of rotatable bonds is 1. The molecule has 1 aromatic heterocycles. The summed E-state index contributed by atoms with van der Waals surface area (Å²) in [6.07, 6.45) is 4.54. The summed E-state index contributed by atoms with van der Waals surface area (Å²) in [5, 5.41) is 1.15. The topological polar surface area (TPSA) is 51.4 Å². The molecule has 0 radical (unpaired) electrons. The lowest BCUT2D eigenvalue weighted by molar-refractivity contribution is 0.152. The van der Waals surface area contributed by atoms with Crippen molar-refractivity contribution in [1.82, 2.24) is 4.98 Å². The average Bonchev–Trinajstić information content (AvgIpc) is 2.59. The minimum atomic E-state index is 0.159. The second kappa shape index (κ2) is 4.92. The van der Waals surface area contributed by atoms with E-state index in [-0.39, 0.29) is 6.04 Å². The van der Waals surface area contributed by atoms with Crippen molar-refractivity contribution in [2.75, 3.05) is 31.2 Å². The molecule has 1 atom stereocenters. The first kappa shape index (κ1) is 11.4. The van der Waals surface area contributed by atoms with Crippen LogP contribution in [0.5, 0.6) is 0 Å². The number of aromatic nitrogens is 1. The van der Waals surface area contributed by atoms with E-state index in [0.29, 0.717) is 0 Å². The Kier molecular flexibility index (Phi) is 3.31. The van der Waals surface area contributed by atoms with Crippen molar-refractivity contribution < 1.29 is 4.74 Å². The molecular formula is C12H19N3OS. The molecule has 0 bridgehead atoms. The van der Waals surface area contributed by atoms with Crippen LogP contribution in [-0.2, 0) is 11.2 Å².